The molecule has 0 aromatic heterocycles. The fraction of sp³-hybridized carbons (Fsp3) is 0.625. The van der Waals surface area contributed by atoms with E-state index in [1.165, 1.54) is 5.69 Å². The quantitative estimate of drug-likeness (QED) is 0.826. The highest BCUT2D eigenvalue weighted by atomic mass is 16.5. The van der Waals surface area contributed by atoms with E-state index >= 15 is 0 Å². The minimum atomic E-state index is -0.00940. The molecule has 106 valence electrons. The van der Waals surface area contributed by atoms with Gasteiger partial charge in [0.2, 0.25) is 0 Å². The summed E-state index contributed by atoms with van der Waals surface area (Å²) in [6.07, 6.45) is 1.50. The van der Waals surface area contributed by atoms with Gasteiger partial charge in [0, 0.05) is 31.9 Å². The van der Waals surface area contributed by atoms with E-state index in [1.54, 1.807) is 0 Å². The van der Waals surface area contributed by atoms with E-state index < -0.39 is 0 Å². The van der Waals surface area contributed by atoms with Crippen molar-refractivity contribution >= 4 is 5.69 Å². The molecular weight excluding hydrogens is 236 g/mol. The number of nitrogens with zero attached hydrogens (tertiary/aromatic N) is 1. The summed E-state index contributed by atoms with van der Waals surface area (Å²) in [5, 5.41) is 3.46. The van der Waals surface area contributed by atoms with Gasteiger partial charge in [-0.05, 0) is 39.3 Å². The first kappa shape index (κ1) is 14.4. The van der Waals surface area contributed by atoms with Gasteiger partial charge in [0.05, 0.1) is 11.7 Å². The molecule has 1 aromatic rings. The van der Waals surface area contributed by atoms with Crippen molar-refractivity contribution in [2.24, 2.45) is 0 Å². The van der Waals surface area contributed by atoms with Crippen molar-refractivity contribution in [3.63, 3.8) is 0 Å². The number of ether oxygens (including phenoxy) is 1. The molecule has 3 heteroatoms. The van der Waals surface area contributed by atoms with Crippen LogP contribution in [0.5, 0.6) is 0 Å². The van der Waals surface area contributed by atoms with E-state index in [-0.39, 0.29) is 5.60 Å². The monoisotopic (exact) mass is 262 g/mol. The second kappa shape index (κ2) is 6.40. The number of nitrogens with one attached hydrogen (secondary N) is 1. The van der Waals surface area contributed by atoms with Crippen LogP contribution >= 0.6 is 0 Å². The summed E-state index contributed by atoms with van der Waals surface area (Å²) in [5.41, 5.74) is 1.20. The first-order valence-electron chi connectivity index (χ1n) is 7.24. The number of hydrogen-bond acceptors (Lipinski definition) is 3. The van der Waals surface area contributed by atoms with Crippen molar-refractivity contribution in [1.82, 2.24) is 4.90 Å². The summed E-state index contributed by atoms with van der Waals surface area (Å²) in [7, 11) is 0. The van der Waals surface area contributed by atoms with Gasteiger partial charge in [0.25, 0.3) is 0 Å². The standard InChI is InChI=1S/C16H26N2O/c1-14-12-18(13-16(2,3)19-14)11-7-10-17-15-8-5-4-6-9-15/h4-6,8-9,14,17H,7,10-13H2,1-3H3. The van der Waals surface area contributed by atoms with E-state index in [9.17, 15) is 0 Å². The molecule has 0 saturated carbocycles. The van der Waals surface area contributed by atoms with Crippen LogP contribution in [0.25, 0.3) is 0 Å². The Labute approximate surface area is 116 Å². The normalized spacial score (nSPS) is 23.2. The largest absolute Gasteiger partial charge is 0.385 e. The number of rotatable bonds is 5. The Morgan fingerprint density at radius 3 is 2.74 bits per heavy atom. The lowest BCUT2D eigenvalue weighted by Crippen LogP contribution is -2.52. The molecule has 0 amide bonds. The Bertz CT molecular complexity index is 378. The van der Waals surface area contributed by atoms with Gasteiger partial charge in [-0.25, -0.2) is 0 Å². The summed E-state index contributed by atoms with van der Waals surface area (Å²) in [6.45, 7) is 10.8. The lowest BCUT2D eigenvalue weighted by atomic mass is 10.1. The van der Waals surface area contributed by atoms with Crippen molar-refractivity contribution in [3.8, 4) is 0 Å². The molecule has 3 nitrogen and oxygen atoms in total. The summed E-state index contributed by atoms with van der Waals surface area (Å²) in [5.74, 6) is 0. The highest BCUT2D eigenvalue weighted by Crippen LogP contribution is 2.20. The van der Waals surface area contributed by atoms with Gasteiger partial charge in [-0.2, -0.15) is 0 Å². The van der Waals surface area contributed by atoms with Gasteiger partial charge in [0.1, 0.15) is 0 Å². The van der Waals surface area contributed by atoms with Gasteiger partial charge in [-0.15, -0.1) is 0 Å². The molecule has 1 fully saturated rings. The molecule has 1 unspecified atom stereocenters. The molecule has 19 heavy (non-hydrogen) atoms. The third-order valence-electron chi connectivity index (χ3n) is 3.39. The first-order chi connectivity index (χ1) is 9.05. The molecule has 0 bridgehead atoms. The third kappa shape index (κ3) is 4.84. The fourth-order valence-electron chi connectivity index (χ4n) is 2.85. The maximum atomic E-state index is 5.92. The van der Waals surface area contributed by atoms with Gasteiger partial charge in [-0.3, -0.25) is 4.90 Å². The summed E-state index contributed by atoms with van der Waals surface area (Å²) < 4.78 is 5.92. The maximum absolute atomic E-state index is 5.92. The van der Waals surface area contributed by atoms with Crippen LogP contribution in [0, 0.1) is 0 Å². The Balaban J connectivity index is 1.68. The molecule has 1 aliphatic rings. The minimum Gasteiger partial charge on any atom is -0.385 e. The number of anilines is 1. The van der Waals surface area contributed by atoms with E-state index in [1.807, 2.05) is 6.07 Å². The molecule has 1 N–H and O–H groups in total. The summed E-state index contributed by atoms with van der Waals surface area (Å²) >= 11 is 0. The number of para-hydroxylation sites is 1. The molecule has 1 aliphatic heterocycles. The smallest absolute Gasteiger partial charge is 0.0757 e. The van der Waals surface area contributed by atoms with E-state index in [2.05, 4.69) is 55.3 Å². The van der Waals surface area contributed by atoms with Crippen LogP contribution in [0.15, 0.2) is 30.3 Å². The van der Waals surface area contributed by atoms with E-state index in [4.69, 9.17) is 4.74 Å². The highest BCUT2D eigenvalue weighted by Gasteiger charge is 2.30. The first-order valence-corrected chi connectivity index (χ1v) is 7.24. The SMILES string of the molecule is CC1CN(CCCNc2ccccc2)CC(C)(C)O1. The van der Waals surface area contributed by atoms with Crippen molar-refractivity contribution in [2.45, 2.75) is 38.9 Å². The van der Waals surface area contributed by atoms with Crippen LogP contribution in [0.3, 0.4) is 0 Å². The second-order valence-corrected chi connectivity index (χ2v) is 6.07. The molecule has 1 atom stereocenters. The van der Waals surface area contributed by atoms with Crippen molar-refractivity contribution < 1.29 is 4.74 Å². The van der Waals surface area contributed by atoms with E-state index in [0.29, 0.717) is 6.10 Å². The summed E-state index contributed by atoms with van der Waals surface area (Å²) in [6, 6.07) is 10.4. The van der Waals surface area contributed by atoms with Crippen molar-refractivity contribution in [3.05, 3.63) is 30.3 Å². The number of morpholine rings is 1. The lowest BCUT2D eigenvalue weighted by Gasteiger charge is -2.41. The molecule has 1 saturated heterocycles. The van der Waals surface area contributed by atoms with Gasteiger partial charge < -0.3 is 10.1 Å². The van der Waals surface area contributed by atoms with Gasteiger partial charge in [0.15, 0.2) is 0 Å². The maximum Gasteiger partial charge on any atom is 0.0757 e. The number of hydrogen-bond donors (Lipinski definition) is 1. The third-order valence-corrected chi connectivity index (χ3v) is 3.39. The van der Waals surface area contributed by atoms with Crippen LogP contribution < -0.4 is 5.32 Å². The Morgan fingerprint density at radius 2 is 2.05 bits per heavy atom. The zero-order valence-electron chi connectivity index (χ0n) is 12.4. The Morgan fingerprint density at radius 1 is 1.32 bits per heavy atom. The zero-order chi connectivity index (χ0) is 13.7. The predicted molar refractivity (Wildman–Crippen MR) is 80.6 cm³/mol. The van der Waals surface area contributed by atoms with Crippen LogP contribution in [0.1, 0.15) is 27.2 Å². The number of benzene rings is 1. The predicted octanol–water partition coefficient (Wildman–Crippen LogP) is 2.99. The van der Waals surface area contributed by atoms with Gasteiger partial charge in [-0.1, -0.05) is 18.2 Å². The summed E-state index contributed by atoms with van der Waals surface area (Å²) in [4.78, 5) is 2.51. The van der Waals surface area contributed by atoms with Crippen molar-refractivity contribution in [2.75, 3.05) is 31.5 Å². The fourth-order valence-corrected chi connectivity index (χ4v) is 2.85. The molecule has 0 radical (unpaired) electrons. The highest BCUT2D eigenvalue weighted by molar-refractivity contribution is 5.42. The molecule has 1 aromatic carbocycles. The molecule has 0 spiro atoms. The molecular formula is C16H26N2O. The zero-order valence-corrected chi connectivity index (χ0v) is 12.4. The average molecular weight is 262 g/mol. The van der Waals surface area contributed by atoms with Crippen LogP contribution in [0.4, 0.5) is 5.69 Å². The molecule has 1 heterocycles. The molecule has 0 aliphatic carbocycles. The second-order valence-electron chi connectivity index (χ2n) is 6.07. The van der Waals surface area contributed by atoms with Crippen LogP contribution in [0.2, 0.25) is 0 Å². The van der Waals surface area contributed by atoms with Gasteiger partial charge >= 0.3 is 0 Å². The average Bonchev–Trinajstić information content (AvgIpc) is 2.33. The Kier molecular flexibility index (Phi) is 4.83. The lowest BCUT2D eigenvalue weighted by molar-refractivity contribution is -0.128. The minimum absolute atomic E-state index is 0.00940. The van der Waals surface area contributed by atoms with Crippen molar-refractivity contribution in [1.29, 1.82) is 0 Å². The van der Waals surface area contributed by atoms with Crippen LogP contribution in [-0.2, 0) is 4.74 Å². The van der Waals surface area contributed by atoms with E-state index in [0.717, 1.165) is 32.6 Å². The Hall–Kier alpha value is -1.06. The topological polar surface area (TPSA) is 24.5 Å². The molecule has 2 rings (SSSR count). The van der Waals surface area contributed by atoms with Crippen LogP contribution in [-0.4, -0.2) is 42.8 Å².